The van der Waals surface area contributed by atoms with Gasteiger partial charge in [-0.2, -0.15) is 0 Å². The van der Waals surface area contributed by atoms with E-state index in [0.29, 0.717) is 0 Å². The highest BCUT2D eigenvalue weighted by Gasteiger charge is 2.46. The van der Waals surface area contributed by atoms with E-state index in [1.165, 1.54) is 0 Å². The monoisotopic (exact) mass is 274 g/mol. The van der Waals surface area contributed by atoms with Crippen molar-refractivity contribution in [2.45, 2.75) is 31.6 Å². The minimum atomic E-state index is -0.218. The van der Waals surface area contributed by atoms with E-state index < -0.39 is 0 Å². The standard InChI is InChI=1S/C14H18N4O2/c1-9-13-14(16-15-9)17(2)11(19)8-12(20)18(13)10-6-4-3-5-7-10/h3-7,9,13-16H,8H2,1-2H3. The Morgan fingerprint density at radius 2 is 1.80 bits per heavy atom. The predicted octanol–water partition coefficient (Wildman–Crippen LogP) is 0.0727. The number of fused-ring (bicyclic) bond motifs is 1. The number of carbonyl (C=O) groups is 2. The van der Waals surface area contributed by atoms with Gasteiger partial charge in [0.2, 0.25) is 11.8 Å². The van der Waals surface area contributed by atoms with Crippen molar-refractivity contribution in [2.24, 2.45) is 0 Å². The van der Waals surface area contributed by atoms with Crippen LogP contribution in [0.5, 0.6) is 0 Å². The Bertz CT molecular complexity index is 533. The van der Waals surface area contributed by atoms with E-state index in [9.17, 15) is 9.59 Å². The summed E-state index contributed by atoms with van der Waals surface area (Å²) in [5, 5.41) is 0. The molecular weight excluding hydrogens is 256 g/mol. The zero-order valence-corrected chi connectivity index (χ0v) is 11.5. The van der Waals surface area contributed by atoms with Crippen LogP contribution in [0.25, 0.3) is 0 Å². The highest BCUT2D eigenvalue weighted by molar-refractivity contribution is 6.06. The molecule has 2 fully saturated rings. The van der Waals surface area contributed by atoms with Gasteiger partial charge in [0, 0.05) is 18.8 Å². The van der Waals surface area contributed by atoms with Crippen LogP contribution >= 0.6 is 0 Å². The van der Waals surface area contributed by atoms with Crippen molar-refractivity contribution in [1.82, 2.24) is 15.8 Å². The van der Waals surface area contributed by atoms with Gasteiger partial charge in [0.15, 0.2) is 0 Å². The van der Waals surface area contributed by atoms with Crippen LogP contribution in [0.3, 0.4) is 0 Å². The van der Waals surface area contributed by atoms with Crippen LogP contribution in [-0.2, 0) is 9.59 Å². The molecule has 0 aliphatic carbocycles. The number of benzene rings is 1. The molecule has 0 saturated carbocycles. The quantitative estimate of drug-likeness (QED) is 0.712. The Labute approximate surface area is 117 Å². The first-order valence-electron chi connectivity index (χ1n) is 6.73. The molecule has 2 saturated heterocycles. The van der Waals surface area contributed by atoms with Crippen molar-refractivity contribution >= 4 is 17.5 Å². The number of likely N-dealkylation sites (N-methyl/N-ethyl adjacent to an activating group) is 1. The van der Waals surface area contributed by atoms with E-state index in [-0.39, 0.29) is 36.5 Å². The fourth-order valence-corrected chi connectivity index (χ4v) is 2.92. The lowest BCUT2D eigenvalue weighted by Gasteiger charge is -2.34. The summed E-state index contributed by atoms with van der Waals surface area (Å²) in [5.41, 5.74) is 7.06. The molecule has 3 unspecified atom stereocenters. The Kier molecular flexibility index (Phi) is 3.19. The van der Waals surface area contributed by atoms with Crippen LogP contribution in [0.2, 0.25) is 0 Å². The molecule has 0 bridgehead atoms. The molecule has 0 spiro atoms. The van der Waals surface area contributed by atoms with E-state index in [0.717, 1.165) is 5.69 Å². The van der Waals surface area contributed by atoms with E-state index in [4.69, 9.17) is 0 Å². The van der Waals surface area contributed by atoms with E-state index >= 15 is 0 Å². The smallest absolute Gasteiger partial charge is 0.236 e. The Balaban J connectivity index is 2.06. The highest BCUT2D eigenvalue weighted by Crippen LogP contribution is 2.27. The number of hydrazine groups is 1. The molecule has 0 aromatic heterocycles. The maximum absolute atomic E-state index is 12.5. The zero-order valence-electron chi connectivity index (χ0n) is 11.5. The molecule has 106 valence electrons. The van der Waals surface area contributed by atoms with Gasteiger partial charge < -0.3 is 9.80 Å². The lowest BCUT2D eigenvalue weighted by atomic mass is 10.1. The molecular formula is C14H18N4O2. The second-order valence-electron chi connectivity index (χ2n) is 5.29. The van der Waals surface area contributed by atoms with Gasteiger partial charge in [0.1, 0.15) is 12.6 Å². The maximum atomic E-state index is 12.5. The summed E-state index contributed by atoms with van der Waals surface area (Å²) in [6.07, 6.45) is -0.309. The zero-order chi connectivity index (χ0) is 14.3. The number of anilines is 1. The summed E-state index contributed by atoms with van der Waals surface area (Å²) in [6.45, 7) is 2.00. The molecule has 20 heavy (non-hydrogen) atoms. The van der Waals surface area contributed by atoms with Crippen LogP contribution in [0.1, 0.15) is 13.3 Å². The van der Waals surface area contributed by atoms with Crippen molar-refractivity contribution in [3.63, 3.8) is 0 Å². The Morgan fingerprint density at radius 3 is 2.50 bits per heavy atom. The summed E-state index contributed by atoms with van der Waals surface area (Å²) in [6, 6.07) is 9.43. The first-order valence-corrected chi connectivity index (χ1v) is 6.73. The summed E-state index contributed by atoms with van der Waals surface area (Å²) in [4.78, 5) is 27.9. The van der Waals surface area contributed by atoms with Crippen LogP contribution in [0.4, 0.5) is 5.69 Å². The number of nitrogens with one attached hydrogen (secondary N) is 2. The van der Waals surface area contributed by atoms with Crippen LogP contribution in [-0.4, -0.2) is 42.0 Å². The molecule has 3 atom stereocenters. The van der Waals surface area contributed by atoms with Crippen LogP contribution in [0, 0.1) is 0 Å². The molecule has 2 aliphatic heterocycles. The fourth-order valence-electron chi connectivity index (χ4n) is 2.92. The Hall–Kier alpha value is -1.92. The first-order chi connectivity index (χ1) is 9.59. The minimum absolute atomic E-state index is 0.0532. The highest BCUT2D eigenvalue weighted by atomic mass is 16.2. The van der Waals surface area contributed by atoms with Crippen molar-refractivity contribution in [2.75, 3.05) is 11.9 Å². The number of rotatable bonds is 1. The third kappa shape index (κ3) is 1.97. The lowest BCUT2D eigenvalue weighted by Crippen LogP contribution is -2.54. The second-order valence-corrected chi connectivity index (χ2v) is 5.29. The molecule has 1 aromatic carbocycles. The molecule has 1 aromatic rings. The molecule has 2 aliphatic rings. The average molecular weight is 274 g/mol. The second kappa shape index (κ2) is 4.88. The number of hydrogen-bond acceptors (Lipinski definition) is 4. The van der Waals surface area contributed by atoms with Gasteiger partial charge in [0.05, 0.1) is 6.04 Å². The maximum Gasteiger partial charge on any atom is 0.236 e. The van der Waals surface area contributed by atoms with Gasteiger partial charge in [0.25, 0.3) is 0 Å². The van der Waals surface area contributed by atoms with Crippen molar-refractivity contribution < 1.29 is 9.59 Å². The molecule has 6 nitrogen and oxygen atoms in total. The summed E-state index contributed by atoms with van der Waals surface area (Å²) < 4.78 is 0. The average Bonchev–Trinajstić information content (AvgIpc) is 2.77. The van der Waals surface area contributed by atoms with Gasteiger partial charge >= 0.3 is 0 Å². The van der Waals surface area contributed by atoms with Gasteiger partial charge in [-0.05, 0) is 19.1 Å². The van der Waals surface area contributed by atoms with E-state index in [1.807, 2.05) is 37.3 Å². The molecule has 2 heterocycles. The summed E-state index contributed by atoms with van der Waals surface area (Å²) in [7, 11) is 1.73. The summed E-state index contributed by atoms with van der Waals surface area (Å²) >= 11 is 0. The predicted molar refractivity (Wildman–Crippen MR) is 74.6 cm³/mol. The normalized spacial score (nSPS) is 30.4. The topological polar surface area (TPSA) is 64.7 Å². The van der Waals surface area contributed by atoms with Gasteiger partial charge in [-0.1, -0.05) is 18.2 Å². The van der Waals surface area contributed by atoms with Gasteiger partial charge in [-0.3, -0.25) is 15.0 Å². The fraction of sp³-hybridized carbons (Fsp3) is 0.429. The third-order valence-corrected chi connectivity index (χ3v) is 4.01. The minimum Gasteiger partial charge on any atom is -0.326 e. The lowest BCUT2D eigenvalue weighted by molar-refractivity contribution is -0.134. The van der Waals surface area contributed by atoms with Crippen molar-refractivity contribution in [3.8, 4) is 0 Å². The van der Waals surface area contributed by atoms with Gasteiger partial charge in [-0.15, -0.1) is 0 Å². The summed E-state index contributed by atoms with van der Waals surface area (Å²) in [5.74, 6) is -0.315. The third-order valence-electron chi connectivity index (χ3n) is 4.01. The Morgan fingerprint density at radius 1 is 1.10 bits per heavy atom. The number of hydrogen-bond donors (Lipinski definition) is 2. The molecule has 2 amide bonds. The van der Waals surface area contributed by atoms with Crippen LogP contribution < -0.4 is 15.8 Å². The SMILES string of the molecule is CC1NNC2C1N(c1ccccc1)C(=O)CC(=O)N2C. The molecule has 0 radical (unpaired) electrons. The molecule has 2 N–H and O–H groups in total. The first kappa shape index (κ1) is 13.1. The van der Waals surface area contributed by atoms with Crippen molar-refractivity contribution in [3.05, 3.63) is 30.3 Å². The number of nitrogens with zero attached hydrogens (tertiary/aromatic N) is 2. The van der Waals surface area contributed by atoms with E-state index in [1.54, 1.807) is 16.8 Å². The molecule has 3 rings (SSSR count). The largest absolute Gasteiger partial charge is 0.326 e. The number of carbonyl (C=O) groups excluding carboxylic acids is 2. The van der Waals surface area contributed by atoms with Crippen LogP contribution in [0.15, 0.2) is 30.3 Å². The number of para-hydroxylation sites is 1. The van der Waals surface area contributed by atoms with E-state index in [2.05, 4.69) is 10.9 Å². The molecule has 6 heteroatoms. The van der Waals surface area contributed by atoms with Gasteiger partial charge in [-0.25, -0.2) is 5.43 Å². The van der Waals surface area contributed by atoms with Crippen molar-refractivity contribution in [1.29, 1.82) is 0 Å². The number of amides is 2.